The molecule has 552 valence electrons. The average molecular weight is 1340 g/mol. The van der Waals surface area contributed by atoms with Crippen molar-refractivity contribution in [3.05, 3.63) is 36.5 Å². The van der Waals surface area contributed by atoms with E-state index in [1.54, 1.807) is 6.08 Å². The number of carbonyl (C=O) groups excluding carboxylic acids is 1. The molecule has 0 aromatic carbocycles. The molecule has 17 atom stereocenters. The summed E-state index contributed by atoms with van der Waals surface area (Å²) in [6.07, 6.45) is 41.5. The van der Waals surface area contributed by atoms with E-state index in [0.29, 0.717) is 12.8 Å². The largest absolute Gasteiger partial charge is 0.394 e. The summed E-state index contributed by atoms with van der Waals surface area (Å²) in [5, 5.41) is 121. The Bertz CT molecular complexity index is 1840. The predicted octanol–water partition coefficient (Wildman–Crippen LogP) is 11.6. The van der Waals surface area contributed by atoms with Crippen LogP contribution in [0.25, 0.3) is 0 Å². The van der Waals surface area contributed by atoms with Gasteiger partial charge in [0.1, 0.15) is 73.2 Å². The average Bonchev–Trinajstić information content (AvgIpc) is 0.787. The molecule has 0 spiro atoms. The molecule has 0 aromatic heterocycles. The van der Waals surface area contributed by atoms with Gasteiger partial charge in [-0.05, 0) is 44.9 Å². The summed E-state index contributed by atoms with van der Waals surface area (Å²) in [6.45, 7) is 1.74. The fraction of sp³-hybridized carbons (Fsp3) is 0.907. The number of carbonyl (C=O) groups is 1. The van der Waals surface area contributed by atoms with Gasteiger partial charge in [-0.3, -0.25) is 4.79 Å². The first-order chi connectivity index (χ1) is 45.8. The minimum Gasteiger partial charge on any atom is -0.394 e. The molecule has 0 aromatic rings. The second-order valence-electron chi connectivity index (χ2n) is 27.5. The minimum absolute atomic E-state index is 0.236. The van der Waals surface area contributed by atoms with Crippen molar-refractivity contribution >= 4 is 5.91 Å². The molecule has 3 heterocycles. The quantitative estimate of drug-likeness (QED) is 0.0199. The van der Waals surface area contributed by atoms with Crippen molar-refractivity contribution in [3.8, 4) is 0 Å². The topological polar surface area (TPSA) is 307 Å². The van der Waals surface area contributed by atoms with Crippen LogP contribution in [0.15, 0.2) is 36.5 Å². The van der Waals surface area contributed by atoms with Crippen LogP contribution < -0.4 is 5.32 Å². The Morgan fingerprint density at radius 2 is 0.681 bits per heavy atom. The zero-order valence-electron chi connectivity index (χ0n) is 58.7. The lowest BCUT2D eigenvalue weighted by Gasteiger charge is -2.48. The molecule has 0 saturated carbocycles. The van der Waals surface area contributed by atoms with E-state index in [4.69, 9.17) is 28.4 Å². The number of allylic oxidation sites excluding steroid dienone is 5. The lowest BCUT2D eigenvalue weighted by atomic mass is 9.96. The zero-order chi connectivity index (χ0) is 68.2. The van der Waals surface area contributed by atoms with Crippen LogP contribution >= 0.6 is 0 Å². The van der Waals surface area contributed by atoms with E-state index in [9.17, 15) is 61.0 Å². The number of hydrogen-bond acceptors (Lipinski definition) is 18. The lowest BCUT2D eigenvalue weighted by molar-refractivity contribution is -0.379. The highest BCUT2D eigenvalue weighted by Gasteiger charge is 2.53. The second-order valence-corrected chi connectivity index (χ2v) is 27.5. The molecule has 19 heteroatoms. The van der Waals surface area contributed by atoms with E-state index in [1.165, 1.54) is 225 Å². The van der Waals surface area contributed by atoms with Crippen molar-refractivity contribution in [1.29, 1.82) is 0 Å². The summed E-state index contributed by atoms with van der Waals surface area (Å²) >= 11 is 0. The molecule has 0 radical (unpaired) electrons. The van der Waals surface area contributed by atoms with Gasteiger partial charge in [-0.25, -0.2) is 0 Å². The summed E-state index contributed by atoms with van der Waals surface area (Å²) in [5.41, 5.74) is 0. The molecule has 1 amide bonds. The highest BCUT2D eigenvalue weighted by Crippen LogP contribution is 2.33. The summed E-state index contributed by atoms with van der Waals surface area (Å²) < 4.78 is 34.4. The fourth-order valence-corrected chi connectivity index (χ4v) is 13.0. The number of aliphatic hydroxyl groups is 11. The summed E-state index contributed by atoms with van der Waals surface area (Å²) in [6, 6.07) is -0.995. The molecule has 19 nitrogen and oxygen atoms in total. The van der Waals surface area contributed by atoms with Crippen molar-refractivity contribution in [2.75, 3.05) is 26.4 Å². The first-order valence-corrected chi connectivity index (χ1v) is 38.2. The second kappa shape index (κ2) is 56.7. The van der Waals surface area contributed by atoms with Crippen molar-refractivity contribution < 1.29 is 89.4 Å². The highest BCUT2D eigenvalue weighted by molar-refractivity contribution is 5.76. The van der Waals surface area contributed by atoms with Crippen LogP contribution in [0, 0.1) is 0 Å². The fourth-order valence-electron chi connectivity index (χ4n) is 13.0. The van der Waals surface area contributed by atoms with Gasteiger partial charge in [0.25, 0.3) is 0 Å². The van der Waals surface area contributed by atoms with Crippen LogP contribution in [0.1, 0.15) is 303 Å². The Labute approximate surface area is 568 Å². The van der Waals surface area contributed by atoms with Crippen LogP contribution in [0.5, 0.6) is 0 Å². The number of ether oxygens (including phenoxy) is 6. The van der Waals surface area contributed by atoms with Gasteiger partial charge >= 0.3 is 0 Å². The number of nitrogens with one attached hydrogen (secondary N) is 1. The standard InChI is InChI=1S/C75H139NO18/c1-3-5-7-9-11-13-15-17-19-21-23-24-25-26-27-28-29-30-31-32-33-34-35-37-39-41-43-45-47-49-51-53-63(81)76-58(59(80)52-50-48-46-44-42-40-38-36-22-20-18-16-14-12-10-8-6-4-2)57-89-73-69(87)66(84)71(61(55-78)91-73)94-75-70(88)67(85)72(62(56-79)92-75)93-74-68(86)65(83)64(82)60(54-77)90-74/h22,36,42,44,50,52,58-62,64-75,77-80,82-88H,3-21,23-35,37-41,43,45-49,51,53-57H2,1-2H3,(H,76,81)/b36-22+,44-42+,52-50+. The van der Waals surface area contributed by atoms with Crippen molar-refractivity contribution in [1.82, 2.24) is 5.32 Å². The summed E-state index contributed by atoms with van der Waals surface area (Å²) in [7, 11) is 0. The van der Waals surface area contributed by atoms with Crippen molar-refractivity contribution in [2.45, 2.75) is 407 Å². The molecule has 12 N–H and O–H groups in total. The number of unbranched alkanes of at least 4 members (excludes halogenated alkanes) is 40. The minimum atomic E-state index is -1.98. The maximum Gasteiger partial charge on any atom is 0.220 e. The molecule has 17 unspecified atom stereocenters. The Hall–Kier alpha value is -1.99. The van der Waals surface area contributed by atoms with Gasteiger partial charge in [0.2, 0.25) is 5.91 Å². The zero-order valence-corrected chi connectivity index (χ0v) is 58.7. The van der Waals surface area contributed by atoms with Gasteiger partial charge in [0.15, 0.2) is 18.9 Å². The van der Waals surface area contributed by atoms with E-state index < -0.39 is 124 Å². The van der Waals surface area contributed by atoms with Crippen LogP contribution in [0.2, 0.25) is 0 Å². The van der Waals surface area contributed by atoms with Gasteiger partial charge in [-0.1, -0.05) is 288 Å². The molecule has 94 heavy (non-hydrogen) atoms. The summed E-state index contributed by atoms with van der Waals surface area (Å²) in [4.78, 5) is 13.4. The van der Waals surface area contributed by atoms with Crippen LogP contribution in [0.4, 0.5) is 0 Å². The van der Waals surface area contributed by atoms with Gasteiger partial charge in [0.05, 0.1) is 38.6 Å². The van der Waals surface area contributed by atoms with E-state index in [-0.39, 0.29) is 18.9 Å². The van der Waals surface area contributed by atoms with Crippen LogP contribution in [-0.4, -0.2) is 193 Å². The first kappa shape index (κ1) is 86.2. The Morgan fingerprint density at radius 1 is 0.372 bits per heavy atom. The van der Waals surface area contributed by atoms with Crippen molar-refractivity contribution in [2.24, 2.45) is 0 Å². The van der Waals surface area contributed by atoms with E-state index in [2.05, 4.69) is 43.5 Å². The normalized spacial score (nSPS) is 27.5. The smallest absolute Gasteiger partial charge is 0.220 e. The van der Waals surface area contributed by atoms with Gasteiger partial charge in [-0.2, -0.15) is 0 Å². The SMILES string of the molecule is CCCCCCCCCC/C=C/CC/C=C/CC/C=C/C(O)C(COC1OC(CO)C(OC2OC(CO)C(OC3OC(CO)C(O)C(O)C3O)C(O)C2O)C(O)C1O)NC(=O)CCCCCCCCCCCCCCCCCCCCCCCCCCCCCCCCC. The van der Waals surface area contributed by atoms with E-state index in [0.717, 1.165) is 44.9 Å². The molecule has 3 saturated heterocycles. The third-order valence-corrected chi connectivity index (χ3v) is 19.2. The third-order valence-electron chi connectivity index (χ3n) is 19.2. The number of hydrogen-bond donors (Lipinski definition) is 12. The molecular weight excluding hydrogens is 1200 g/mol. The summed E-state index contributed by atoms with van der Waals surface area (Å²) in [5.74, 6) is -0.284. The van der Waals surface area contributed by atoms with Crippen molar-refractivity contribution in [3.63, 3.8) is 0 Å². The Morgan fingerprint density at radius 3 is 1.06 bits per heavy atom. The molecule has 3 aliphatic heterocycles. The van der Waals surface area contributed by atoms with E-state index >= 15 is 0 Å². The Balaban J connectivity index is 1.38. The highest BCUT2D eigenvalue weighted by atomic mass is 16.8. The molecule has 0 aliphatic carbocycles. The van der Waals surface area contributed by atoms with Gasteiger partial charge < -0.3 is 89.9 Å². The number of amides is 1. The predicted molar refractivity (Wildman–Crippen MR) is 369 cm³/mol. The maximum atomic E-state index is 13.4. The molecule has 3 rings (SSSR count). The molecule has 3 aliphatic rings. The number of rotatable bonds is 60. The van der Waals surface area contributed by atoms with E-state index in [1.807, 2.05) is 6.08 Å². The lowest BCUT2D eigenvalue weighted by Crippen LogP contribution is -2.66. The molecule has 0 bridgehead atoms. The van der Waals surface area contributed by atoms with Gasteiger partial charge in [0, 0.05) is 6.42 Å². The van der Waals surface area contributed by atoms with Gasteiger partial charge in [-0.15, -0.1) is 0 Å². The Kier molecular flexibility index (Phi) is 52.0. The molecular formula is C75H139NO18. The maximum absolute atomic E-state index is 13.4. The monoisotopic (exact) mass is 1340 g/mol. The number of aliphatic hydroxyl groups excluding tert-OH is 11. The first-order valence-electron chi connectivity index (χ1n) is 38.2. The van der Waals surface area contributed by atoms with Crippen LogP contribution in [0.3, 0.4) is 0 Å². The molecule has 3 fully saturated rings. The third kappa shape index (κ3) is 37.4. The van der Waals surface area contributed by atoms with Crippen LogP contribution in [-0.2, 0) is 33.2 Å².